The molecule has 0 saturated heterocycles. The number of halogens is 1. The van der Waals surface area contributed by atoms with Crippen LogP contribution in [0.1, 0.15) is 11.6 Å². The molecule has 0 bridgehead atoms. The molecule has 2 aromatic heterocycles. The summed E-state index contributed by atoms with van der Waals surface area (Å²) in [7, 11) is 1.71. The number of rotatable bonds is 4. The van der Waals surface area contributed by atoms with Crippen LogP contribution in [0.4, 0.5) is 5.82 Å². The molecule has 0 aliphatic heterocycles. The summed E-state index contributed by atoms with van der Waals surface area (Å²) >= 11 is 5.60. The quantitative estimate of drug-likeness (QED) is 0.862. The molecule has 0 radical (unpaired) electrons. The SMILES string of the molecule is Cn1cc(C(Nc2ccc(Cl)nn2)C(=O)O)cn1. The standard InChI is InChI=1S/C10H10ClN5O2/c1-16-5-6(4-12-16)9(10(17)18)13-8-3-2-7(11)14-15-8/h2-5,9H,1H3,(H,13,15)(H,17,18). The fourth-order valence-electron chi connectivity index (χ4n) is 1.42. The molecule has 0 aromatic carbocycles. The van der Waals surface area contributed by atoms with Crippen LogP contribution in [0, 0.1) is 0 Å². The number of anilines is 1. The molecule has 8 heteroatoms. The molecule has 7 nitrogen and oxygen atoms in total. The first kappa shape index (κ1) is 12.3. The monoisotopic (exact) mass is 267 g/mol. The van der Waals surface area contributed by atoms with Crippen molar-refractivity contribution in [2.45, 2.75) is 6.04 Å². The predicted octanol–water partition coefficient (Wildman–Crippen LogP) is 1.10. The van der Waals surface area contributed by atoms with Gasteiger partial charge in [0.2, 0.25) is 0 Å². The van der Waals surface area contributed by atoms with Crippen molar-refractivity contribution in [2.24, 2.45) is 7.05 Å². The molecule has 1 atom stereocenters. The van der Waals surface area contributed by atoms with Crippen LogP contribution in [-0.4, -0.2) is 31.1 Å². The van der Waals surface area contributed by atoms with Crippen LogP contribution in [0.25, 0.3) is 0 Å². The van der Waals surface area contributed by atoms with Crippen molar-refractivity contribution in [3.05, 3.63) is 35.2 Å². The molecule has 0 saturated carbocycles. The fourth-order valence-corrected chi connectivity index (χ4v) is 1.52. The lowest BCUT2D eigenvalue weighted by atomic mass is 10.1. The van der Waals surface area contributed by atoms with Crippen molar-refractivity contribution in [2.75, 3.05) is 5.32 Å². The molecule has 2 rings (SSSR count). The molecule has 94 valence electrons. The average molecular weight is 268 g/mol. The summed E-state index contributed by atoms with van der Waals surface area (Å²) in [6.07, 6.45) is 3.10. The maximum Gasteiger partial charge on any atom is 0.330 e. The molecule has 0 fully saturated rings. The van der Waals surface area contributed by atoms with E-state index in [-0.39, 0.29) is 5.15 Å². The van der Waals surface area contributed by atoms with Crippen molar-refractivity contribution in [1.82, 2.24) is 20.0 Å². The van der Waals surface area contributed by atoms with Crippen molar-refractivity contribution in [3.63, 3.8) is 0 Å². The van der Waals surface area contributed by atoms with E-state index in [2.05, 4.69) is 20.6 Å². The van der Waals surface area contributed by atoms with E-state index in [1.165, 1.54) is 16.9 Å². The van der Waals surface area contributed by atoms with Crippen LogP contribution in [0.2, 0.25) is 5.15 Å². The number of nitrogens with zero attached hydrogens (tertiary/aromatic N) is 4. The number of aromatic nitrogens is 4. The highest BCUT2D eigenvalue weighted by atomic mass is 35.5. The number of carbonyl (C=O) groups is 1. The number of aliphatic carboxylic acids is 1. The van der Waals surface area contributed by atoms with Gasteiger partial charge >= 0.3 is 5.97 Å². The van der Waals surface area contributed by atoms with Gasteiger partial charge in [0.05, 0.1) is 6.20 Å². The summed E-state index contributed by atoms with van der Waals surface area (Å²) in [5.74, 6) is -0.699. The Bertz CT molecular complexity index is 554. The van der Waals surface area contributed by atoms with Gasteiger partial charge < -0.3 is 10.4 Å². The summed E-state index contributed by atoms with van der Waals surface area (Å²) in [5, 5.41) is 23.5. The highest BCUT2D eigenvalue weighted by Gasteiger charge is 2.21. The lowest BCUT2D eigenvalue weighted by molar-refractivity contribution is -0.138. The minimum Gasteiger partial charge on any atom is -0.479 e. The second-order valence-electron chi connectivity index (χ2n) is 3.60. The summed E-state index contributed by atoms with van der Waals surface area (Å²) < 4.78 is 1.53. The number of carboxylic acids is 1. The lowest BCUT2D eigenvalue weighted by Crippen LogP contribution is -2.20. The average Bonchev–Trinajstić information content (AvgIpc) is 2.74. The van der Waals surface area contributed by atoms with Crippen LogP contribution in [0.3, 0.4) is 0 Å². The van der Waals surface area contributed by atoms with Crippen LogP contribution in [0.5, 0.6) is 0 Å². The van der Waals surface area contributed by atoms with E-state index in [1.807, 2.05) is 0 Å². The fraction of sp³-hybridized carbons (Fsp3) is 0.200. The van der Waals surface area contributed by atoms with Crippen molar-refractivity contribution >= 4 is 23.4 Å². The van der Waals surface area contributed by atoms with Crippen molar-refractivity contribution in [1.29, 1.82) is 0 Å². The number of nitrogens with one attached hydrogen (secondary N) is 1. The van der Waals surface area contributed by atoms with Gasteiger partial charge in [-0.25, -0.2) is 4.79 Å². The third kappa shape index (κ3) is 2.75. The second-order valence-corrected chi connectivity index (χ2v) is 3.99. The maximum absolute atomic E-state index is 11.2. The van der Waals surface area contributed by atoms with E-state index in [0.29, 0.717) is 11.4 Å². The Labute approximate surface area is 107 Å². The Balaban J connectivity index is 2.22. The lowest BCUT2D eigenvalue weighted by Gasteiger charge is -2.12. The van der Waals surface area contributed by atoms with E-state index in [1.54, 1.807) is 19.3 Å². The maximum atomic E-state index is 11.2. The van der Waals surface area contributed by atoms with E-state index < -0.39 is 12.0 Å². The first-order chi connectivity index (χ1) is 8.56. The van der Waals surface area contributed by atoms with E-state index >= 15 is 0 Å². The normalized spacial score (nSPS) is 12.1. The Morgan fingerprint density at radius 3 is 2.78 bits per heavy atom. The van der Waals surface area contributed by atoms with Crippen molar-refractivity contribution in [3.8, 4) is 0 Å². The summed E-state index contributed by atoms with van der Waals surface area (Å²) in [6.45, 7) is 0. The molecule has 0 aliphatic carbocycles. The summed E-state index contributed by atoms with van der Waals surface area (Å²) in [6, 6.07) is 2.15. The predicted molar refractivity (Wildman–Crippen MR) is 64.2 cm³/mol. The largest absolute Gasteiger partial charge is 0.479 e. The van der Waals surface area contributed by atoms with Gasteiger partial charge in [-0.3, -0.25) is 4.68 Å². The van der Waals surface area contributed by atoms with Gasteiger partial charge in [0, 0.05) is 18.8 Å². The van der Waals surface area contributed by atoms with E-state index in [0.717, 1.165) is 0 Å². The first-order valence-electron chi connectivity index (χ1n) is 5.03. The molecule has 2 aromatic rings. The topological polar surface area (TPSA) is 92.9 Å². The Morgan fingerprint density at radius 2 is 2.28 bits per heavy atom. The third-order valence-corrected chi connectivity index (χ3v) is 2.43. The first-order valence-corrected chi connectivity index (χ1v) is 5.41. The molecule has 1 unspecified atom stereocenters. The van der Waals surface area contributed by atoms with Gasteiger partial charge in [0.1, 0.15) is 5.82 Å². The minimum absolute atomic E-state index is 0.244. The van der Waals surface area contributed by atoms with Crippen LogP contribution in [0.15, 0.2) is 24.5 Å². The van der Waals surface area contributed by atoms with Crippen LogP contribution < -0.4 is 5.32 Å². The van der Waals surface area contributed by atoms with Gasteiger partial charge in [0.15, 0.2) is 11.2 Å². The Hall–Kier alpha value is -2.15. The smallest absolute Gasteiger partial charge is 0.330 e. The molecule has 2 heterocycles. The molecule has 0 spiro atoms. The Kier molecular flexibility index (Phi) is 3.42. The van der Waals surface area contributed by atoms with E-state index in [9.17, 15) is 9.90 Å². The number of hydrogen-bond donors (Lipinski definition) is 2. The van der Waals surface area contributed by atoms with E-state index in [4.69, 9.17) is 11.6 Å². The van der Waals surface area contributed by atoms with Crippen LogP contribution >= 0.6 is 11.6 Å². The summed E-state index contributed by atoms with van der Waals surface area (Å²) in [4.78, 5) is 11.2. The molecular formula is C10H10ClN5O2. The van der Waals surface area contributed by atoms with Gasteiger partial charge in [0.25, 0.3) is 0 Å². The number of carboxylic acid groups (broad SMARTS) is 1. The van der Waals surface area contributed by atoms with Crippen LogP contribution in [-0.2, 0) is 11.8 Å². The highest BCUT2D eigenvalue weighted by molar-refractivity contribution is 6.29. The zero-order chi connectivity index (χ0) is 13.1. The number of aryl methyl sites for hydroxylation is 1. The molecule has 0 amide bonds. The summed E-state index contributed by atoms with van der Waals surface area (Å²) in [5.41, 5.74) is 0.529. The zero-order valence-corrected chi connectivity index (χ0v) is 10.2. The molecular weight excluding hydrogens is 258 g/mol. The second kappa shape index (κ2) is 5.01. The zero-order valence-electron chi connectivity index (χ0n) is 9.41. The Morgan fingerprint density at radius 1 is 1.50 bits per heavy atom. The van der Waals surface area contributed by atoms with Gasteiger partial charge in [-0.2, -0.15) is 5.10 Å². The molecule has 2 N–H and O–H groups in total. The van der Waals surface area contributed by atoms with Crippen molar-refractivity contribution < 1.29 is 9.90 Å². The van der Waals surface area contributed by atoms with Gasteiger partial charge in [-0.15, -0.1) is 10.2 Å². The van der Waals surface area contributed by atoms with Gasteiger partial charge in [-0.05, 0) is 12.1 Å². The number of hydrogen-bond acceptors (Lipinski definition) is 5. The van der Waals surface area contributed by atoms with Gasteiger partial charge in [-0.1, -0.05) is 11.6 Å². The molecule has 0 aliphatic rings. The highest BCUT2D eigenvalue weighted by Crippen LogP contribution is 2.18. The third-order valence-electron chi connectivity index (χ3n) is 2.23. The minimum atomic E-state index is -1.03. The molecule has 18 heavy (non-hydrogen) atoms.